The number of nitrogens with zero attached hydrogens (tertiary/aromatic N) is 2. The molecule has 17 aromatic rings. The van der Waals surface area contributed by atoms with Crippen molar-refractivity contribution in [2.24, 2.45) is 0 Å². The highest BCUT2D eigenvalue weighted by Gasteiger charge is 2.38. The van der Waals surface area contributed by atoms with Crippen molar-refractivity contribution in [1.82, 2.24) is 0 Å². The first-order valence-corrected chi connectivity index (χ1v) is 37.0. The van der Waals surface area contributed by atoms with Gasteiger partial charge in [-0.3, -0.25) is 0 Å². The zero-order valence-corrected chi connectivity index (χ0v) is 59.8. The predicted octanol–water partition coefficient (Wildman–Crippen LogP) is 28.9. The summed E-state index contributed by atoms with van der Waals surface area (Å²) >= 11 is 0. The summed E-state index contributed by atoms with van der Waals surface area (Å²) in [5.74, 6) is 0. The summed E-state index contributed by atoms with van der Waals surface area (Å²) < 4.78 is 0. The van der Waals surface area contributed by atoms with Gasteiger partial charge in [0.15, 0.2) is 0 Å². The van der Waals surface area contributed by atoms with Crippen LogP contribution >= 0.6 is 0 Å². The van der Waals surface area contributed by atoms with Gasteiger partial charge in [0, 0.05) is 44.8 Å². The maximum Gasteiger partial charge on any atom is 0.0540 e. The van der Waals surface area contributed by atoms with Gasteiger partial charge in [-0.2, -0.15) is 0 Å². The highest BCUT2D eigenvalue weighted by atomic mass is 15.1. The number of hydrogen-bond donors (Lipinski definition) is 0. The molecule has 2 heteroatoms. The second-order valence-corrected chi connectivity index (χ2v) is 29.6. The number of hydrogen-bond acceptors (Lipinski definition) is 2. The first kappa shape index (κ1) is 63.8. The molecule has 19 rings (SSSR count). The Bertz CT molecular complexity index is 6210. The summed E-state index contributed by atoms with van der Waals surface area (Å²) in [4.78, 5) is 4.87. The fourth-order valence-electron chi connectivity index (χ4n) is 17.2. The summed E-state index contributed by atoms with van der Waals surface area (Å²) in [5.41, 5.74) is 36.1. The van der Waals surface area contributed by atoms with Gasteiger partial charge in [0.1, 0.15) is 0 Å². The smallest absolute Gasteiger partial charge is 0.0540 e. The molecule has 17 aromatic carbocycles. The van der Waals surface area contributed by atoms with Crippen LogP contribution in [0.5, 0.6) is 0 Å². The molecule has 0 bridgehead atoms. The number of rotatable bonds is 14. The molecule has 106 heavy (non-hydrogen) atoms. The van der Waals surface area contributed by atoms with E-state index in [-0.39, 0.29) is 10.8 Å². The van der Waals surface area contributed by atoms with Crippen LogP contribution in [-0.4, -0.2) is 0 Å². The molecule has 2 aliphatic carbocycles. The quantitative estimate of drug-likeness (QED) is 0.107. The van der Waals surface area contributed by atoms with E-state index in [9.17, 15) is 0 Å². The number of benzene rings is 17. The first-order chi connectivity index (χ1) is 52.1. The second-order valence-electron chi connectivity index (χ2n) is 29.6. The Morgan fingerprint density at radius 1 is 0.170 bits per heavy atom. The molecule has 0 saturated heterocycles. The zero-order chi connectivity index (χ0) is 71.0. The van der Waals surface area contributed by atoms with Crippen molar-refractivity contribution in [2.75, 3.05) is 9.80 Å². The monoisotopic (exact) mass is 1350 g/mol. The molecule has 0 amide bonds. The van der Waals surface area contributed by atoms with Crippen molar-refractivity contribution in [3.05, 3.63) is 411 Å². The van der Waals surface area contributed by atoms with Gasteiger partial charge in [-0.25, -0.2) is 0 Å². The molecular formula is C104H76N2. The van der Waals surface area contributed by atoms with Crippen molar-refractivity contribution in [3.63, 3.8) is 0 Å². The first-order valence-electron chi connectivity index (χ1n) is 37.0. The van der Waals surface area contributed by atoms with E-state index in [2.05, 4.69) is 426 Å². The Hall–Kier alpha value is -13.1. The Balaban J connectivity index is 0.620. The molecule has 2 aliphatic rings. The van der Waals surface area contributed by atoms with Crippen LogP contribution in [0.2, 0.25) is 0 Å². The summed E-state index contributed by atoms with van der Waals surface area (Å²) in [6.45, 7) is 9.45. The molecule has 0 N–H and O–H groups in total. The molecule has 0 spiro atoms. The minimum Gasteiger partial charge on any atom is -0.310 e. The topological polar surface area (TPSA) is 6.48 Å². The van der Waals surface area contributed by atoms with E-state index < -0.39 is 0 Å². The van der Waals surface area contributed by atoms with Crippen molar-refractivity contribution in [2.45, 2.75) is 38.5 Å². The van der Waals surface area contributed by atoms with Gasteiger partial charge in [-0.1, -0.05) is 325 Å². The average molecular weight is 1350 g/mol. The van der Waals surface area contributed by atoms with Gasteiger partial charge in [0.05, 0.1) is 5.69 Å². The van der Waals surface area contributed by atoms with Crippen LogP contribution in [0.1, 0.15) is 49.9 Å². The Morgan fingerprint density at radius 3 is 1.03 bits per heavy atom. The zero-order valence-electron chi connectivity index (χ0n) is 59.8. The van der Waals surface area contributed by atoms with Crippen LogP contribution in [0.3, 0.4) is 0 Å². The SMILES string of the molecule is CC1(C)c2ccccc2-c2ccc(N(c3ccc(-c4cccc(-c5ccc6cc(-c7ccc(-c8ccc(N(c9ccc%10c(c9)C(C)(C)c9ccccc9-%10)c9ccccc9-c9ccccc9)cc8)cc7)c(-c7ccccc7)cc6c5)c4)cc3)c3ccc(-c4ccc(-c5ccccc5)c5ccccc45)cc3)cc21. The molecule has 0 fully saturated rings. The van der Waals surface area contributed by atoms with Crippen LogP contribution in [0.4, 0.5) is 34.1 Å². The average Bonchev–Trinajstić information content (AvgIpc) is 1.59. The van der Waals surface area contributed by atoms with Gasteiger partial charge >= 0.3 is 0 Å². The summed E-state index contributed by atoms with van der Waals surface area (Å²) in [6, 6.07) is 144. The molecule has 0 unspecified atom stereocenters. The van der Waals surface area contributed by atoms with E-state index in [1.54, 1.807) is 0 Å². The molecule has 0 radical (unpaired) electrons. The Morgan fingerprint density at radius 2 is 0.491 bits per heavy atom. The van der Waals surface area contributed by atoms with Gasteiger partial charge in [-0.15, -0.1) is 0 Å². The third kappa shape index (κ3) is 11.1. The fraction of sp³-hybridized carbons (Fsp3) is 0.0577. The highest BCUT2D eigenvalue weighted by Crippen LogP contribution is 2.54. The minimum atomic E-state index is -0.150. The standard InChI is InChI=1S/C104H76N2/c1-103(2)98-36-19-16-34-92(98)94-59-57-85(67-100(94)103)105(83-55-49-75(50-56-83)88-62-61-87(72-23-8-5-9-24-72)90-32-14-15-33-91(88)90)82-51-47-71(48-52-82)77-29-22-30-78(63-77)79-43-44-80-65-96(97(66-81(80)64-79)74-27-12-7-13-28-74)76-41-39-69(40-42-76)70-45-53-84(54-46-70)106(102-38-21-18-31-89(102)73-25-10-6-11-26-73)86-58-60-95-93-35-17-20-37-99(93)104(3,4)101(95)68-86/h5-68H,1-4H3. The lowest BCUT2D eigenvalue weighted by atomic mass is 9.82. The highest BCUT2D eigenvalue weighted by molar-refractivity contribution is 6.06. The lowest BCUT2D eigenvalue weighted by Crippen LogP contribution is -2.16. The van der Waals surface area contributed by atoms with E-state index in [0.29, 0.717) is 0 Å². The minimum absolute atomic E-state index is 0.136. The predicted molar refractivity (Wildman–Crippen MR) is 449 cm³/mol. The normalized spacial score (nSPS) is 12.9. The largest absolute Gasteiger partial charge is 0.310 e. The van der Waals surface area contributed by atoms with Gasteiger partial charge in [0.25, 0.3) is 0 Å². The summed E-state index contributed by atoms with van der Waals surface area (Å²) in [5, 5.41) is 4.88. The van der Waals surface area contributed by atoms with Gasteiger partial charge < -0.3 is 9.80 Å². The van der Waals surface area contributed by atoms with E-state index in [4.69, 9.17) is 0 Å². The van der Waals surface area contributed by atoms with E-state index in [1.165, 1.54) is 144 Å². The molecule has 0 heterocycles. The molecule has 0 atom stereocenters. The molecule has 0 aromatic heterocycles. The molecule has 0 aliphatic heterocycles. The van der Waals surface area contributed by atoms with Gasteiger partial charge in [-0.05, 0) is 240 Å². The number of para-hydroxylation sites is 1. The molecule has 0 saturated carbocycles. The fourth-order valence-corrected chi connectivity index (χ4v) is 17.2. The van der Waals surface area contributed by atoms with Crippen LogP contribution in [-0.2, 0) is 10.8 Å². The van der Waals surface area contributed by atoms with Crippen molar-refractivity contribution in [3.8, 4) is 111 Å². The summed E-state index contributed by atoms with van der Waals surface area (Å²) in [7, 11) is 0. The van der Waals surface area contributed by atoms with Gasteiger partial charge in [0.2, 0.25) is 0 Å². The Kier molecular flexibility index (Phi) is 15.6. The van der Waals surface area contributed by atoms with E-state index in [0.717, 1.165) is 45.3 Å². The molecule has 2 nitrogen and oxygen atoms in total. The van der Waals surface area contributed by atoms with Crippen LogP contribution < -0.4 is 9.80 Å². The maximum atomic E-state index is 2.44. The van der Waals surface area contributed by atoms with Crippen molar-refractivity contribution < 1.29 is 0 Å². The van der Waals surface area contributed by atoms with Crippen molar-refractivity contribution >= 4 is 55.7 Å². The maximum absolute atomic E-state index is 2.44. The van der Waals surface area contributed by atoms with Crippen LogP contribution in [0, 0.1) is 0 Å². The second kappa shape index (κ2) is 26.0. The van der Waals surface area contributed by atoms with Crippen LogP contribution in [0.25, 0.3) is 133 Å². The molecular weight excluding hydrogens is 1280 g/mol. The third-order valence-corrected chi connectivity index (χ3v) is 22.7. The number of anilines is 6. The molecule has 502 valence electrons. The van der Waals surface area contributed by atoms with E-state index in [1.807, 2.05) is 0 Å². The van der Waals surface area contributed by atoms with Crippen molar-refractivity contribution in [1.29, 1.82) is 0 Å². The number of fused-ring (bicyclic) bond motifs is 8. The lowest BCUT2D eigenvalue weighted by Gasteiger charge is -2.30. The summed E-state index contributed by atoms with van der Waals surface area (Å²) in [6.07, 6.45) is 0. The lowest BCUT2D eigenvalue weighted by molar-refractivity contribution is 0.660. The Labute approximate surface area is 621 Å². The van der Waals surface area contributed by atoms with E-state index >= 15 is 0 Å². The van der Waals surface area contributed by atoms with Crippen LogP contribution in [0.15, 0.2) is 388 Å². The third-order valence-electron chi connectivity index (χ3n) is 22.7.